The molecule has 0 unspecified atom stereocenters. The molecule has 0 saturated carbocycles. The fourth-order valence-corrected chi connectivity index (χ4v) is 3.20. The minimum Gasteiger partial charge on any atom is -0.465 e. The van der Waals surface area contributed by atoms with E-state index in [0.717, 1.165) is 6.42 Å². The molecule has 0 atom stereocenters. The van der Waals surface area contributed by atoms with E-state index in [1.54, 1.807) is 24.3 Å². The lowest BCUT2D eigenvalue weighted by molar-refractivity contribution is 0.0599. The van der Waals surface area contributed by atoms with E-state index in [4.69, 9.17) is 4.74 Å². The van der Waals surface area contributed by atoms with Gasteiger partial charge in [-0.15, -0.1) is 0 Å². The number of benzene rings is 2. The van der Waals surface area contributed by atoms with E-state index < -0.39 is 11.5 Å². The Labute approximate surface area is 168 Å². The Morgan fingerprint density at radius 3 is 2.38 bits per heavy atom. The second kappa shape index (κ2) is 9.49. The first kappa shape index (κ1) is 20.1. The molecule has 0 saturated heterocycles. The zero-order valence-electron chi connectivity index (χ0n) is 16.1. The number of esters is 1. The third-order valence-corrected chi connectivity index (χ3v) is 4.59. The van der Waals surface area contributed by atoms with Crippen LogP contribution in [-0.4, -0.2) is 24.6 Å². The van der Waals surface area contributed by atoms with Crippen molar-refractivity contribution < 1.29 is 9.53 Å². The van der Waals surface area contributed by atoms with E-state index in [1.165, 1.54) is 12.7 Å². The molecule has 6 heteroatoms. The first-order valence-electron chi connectivity index (χ1n) is 9.23. The van der Waals surface area contributed by atoms with Gasteiger partial charge in [0.1, 0.15) is 11.6 Å². The number of carbonyl (C=O) groups excluding carboxylic acids is 1. The number of carbonyl (C=O) groups is 1. The molecule has 0 radical (unpaired) electrons. The van der Waals surface area contributed by atoms with Crippen molar-refractivity contribution in [1.82, 2.24) is 10.3 Å². The maximum absolute atomic E-state index is 12.6. The summed E-state index contributed by atoms with van der Waals surface area (Å²) in [6.07, 6.45) is 0.806. The van der Waals surface area contributed by atoms with Gasteiger partial charge in [-0.2, -0.15) is 5.26 Å². The molecule has 2 aromatic carbocycles. The highest BCUT2D eigenvalue weighted by atomic mass is 16.5. The zero-order chi connectivity index (χ0) is 20.6. The van der Waals surface area contributed by atoms with Gasteiger partial charge in [-0.1, -0.05) is 60.7 Å². The largest absolute Gasteiger partial charge is 0.465 e. The third-order valence-electron chi connectivity index (χ3n) is 4.59. The lowest BCUT2D eigenvalue weighted by Gasteiger charge is -2.15. The number of nitrogens with one attached hydrogen (secondary N) is 2. The van der Waals surface area contributed by atoms with Gasteiger partial charge < -0.3 is 15.0 Å². The topological polar surface area (TPSA) is 95.0 Å². The van der Waals surface area contributed by atoms with Crippen molar-refractivity contribution in [3.63, 3.8) is 0 Å². The van der Waals surface area contributed by atoms with Crippen LogP contribution in [0, 0.1) is 11.3 Å². The summed E-state index contributed by atoms with van der Waals surface area (Å²) in [5.41, 5.74) is 2.05. The van der Waals surface area contributed by atoms with Crippen LogP contribution >= 0.6 is 0 Å². The molecule has 1 heterocycles. The van der Waals surface area contributed by atoms with Crippen LogP contribution in [0.5, 0.6) is 0 Å². The quantitative estimate of drug-likeness (QED) is 0.480. The van der Waals surface area contributed by atoms with Crippen LogP contribution in [0.3, 0.4) is 0 Å². The minimum absolute atomic E-state index is 0.107. The van der Waals surface area contributed by atoms with E-state index in [0.29, 0.717) is 23.4 Å². The van der Waals surface area contributed by atoms with Gasteiger partial charge in [0.25, 0.3) is 5.56 Å². The number of nitriles is 1. The maximum atomic E-state index is 12.6. The standard InChI is InChI=1S/C23H21N3O3/c1-29-23(28)21-19(15-25-13-12-16-8-4-2-5-9-16)26-22(27)18(14-24)20(21)17-10-6-3-7-11-17/h2-11,25H,12-13,15H2,1H3,(H,26,27). The molecule has 0 aliphatic rings. The highest BCUT2D eigenvalue weighted by Crippen LogP contribution is 2.28. The first-order chi connectivity index (χ1) is 14.2. The Kier molecular flexibility index (Phi) is 6.56. The summed E-state index contributed by atoms with van der Waals surface area (Å²) in [5, 5.41) is 12.8. The summed E-state index contributed by atoms with van der Waals surface area (Å²) < 4.78 is 4.96. The Morgan fingerprint density at radius 1 is 1.10 bits per heavy atom. The van der Waals surface area contributed by atoms with Crippen molar-refractivity contribution in [1.29, 1.82) is 5.26 Å². The number of hydrogen-bond acceptors (Lipinski definition) is 5. The first-order valence-corrected chi connectivity index (χ1v) is 9.23. The van der Waals surface area contributed by atoms with Crippen LogP contribution in [0.2, 0.25) is 0 Å². The van der Waals surface area contributed by atoms with Gasteiger partial charge in [-0.25, -0.2) is 4.79 Å². The number of pyridine rings is 1. The van der Waals surface area contributed by atoms with Crippen molar-refractivity contribution in [3.8, 4) is 17.2 Å². The molecule has 0 amide bonds. The summed E-state index contributed by atoms with van der Waals surface area (Å²) in [4.78, 5) is 27.8. The van der Waals surface area contributed by atoms with Gasteiger partial charge in [0.05, 0.1) is 12.7 Å². The number of methoxy groups -OCH3 is 1. The van der Waals surface area contributed by atoms with Gasteiger partial charge in [0.2, 0.25) is 0 Å². The lowest BCUT2D eigenvalue weighted by Crippen LogP contribution is -2.26. The second-order valence-electron chi connectivity index (χ2n) is 6.44. The van der Waals surface area contributed by atoms with Gasteiger partial charge in [0, 0.05) is 17.8 Å². The number of hydrogen-bond donors (Lipinski definition) is 2. The Hall–Kier alpha value is -3.69. The molecule has 29 heavy (non-hydrogen) atoms. The number of nitrogens with zero attached hydrogens (tertiary/aromatic N) is 1. The van der Waals surface area contributed by atoms with Crippen molar-refractivity contribution in [2.75, 3.05) is 13.7 Å². The fourth-order valence-electron chi connectivity index (χ4n) is 3.20. The molecule has 146 valence electrons. The molecule has 0 aliphatic heterocycles. The number of ether oxygens (including phenoxy) is 1. The molecule has 1 aromatic heterocycles. The number of aromatic nitrogens is 1. The fraction of sp³-hybridized carbons (Fsp3) is 0.174. The van der Waals surface area contributed by atoms with Crippen LogP contribution in [0.15, 0.2) is 65.5 Å². The number of aromatic amines is 1. The summed E-state index contributed by atoms with van der Waals surface area (Å²) in [6.45, 7) is 0.922. The van der Waals surface area contributed by atoms with Crippen LogP contribution in [0.1, 0.15) is 27.2 Å². The van der Waals surface area contributed by atoms with Gasteiger partial charge in [0.15, 0.2) is 0 Å². The molecule has 0 bridgehead atoms. The lowest BCUT2D eigenvalue weighted by atomic mass is 9.94. The van der Waals surface area contributed by atoms with Crippen LogP contribution in [0.25, 0.3) is 11.1 Å². The van der Waals surface area contributed by atoms with Crippen molar-refractivity contribution in [2.24, 2.45) is 0 Å². The van der Waals surface area contributed by atoms with E-state index in [9.17, 15) is 14.9 Å². The zero-order valence-corrected chi connectivity index (χ0v) is 16.1. The van der Waals surface area contributed by atoms with Gasteiger partial charge >= 0.3 is 5.97 Å². The smallest absolute Gasteiger partial charge is 0.340 e. The summed E-state index contributed by atoms with van der Waals surface area (Å²) in [6, 6.07) is 20.9. The Morgan fingerprint density at radius 2 is 1.76 bits per heavy atom. The van der Waals surface area contributed by atoms with Crippen LogP contribution in [0.4, 0.5) is 0 Å². The SMILES string of the molecule is COC(=O)c1c(CNCCc2ccccc2)[nH]c(=O)c(C#N)c1-c1ccccc1. The maximum Gasteiger partial charge on any atom is 0.340 e. The molecule has 0 fully saturated rings. The summed E-state index contributed by atoms with van der Waals surface area (Å²) in [5.74, 6) is -0.600. The van der Waals surface area contributed by atoms with E-state index in [-0.39, 0.29) is 17.7 Å². The van der Waals surface area contributed by atoms with Gasteiger partial charge in [-0.05, 0) is 24.1 Å². The number of H-pyrrole nitrogens is 1. The van der Waals surface area contributed by atoms with E-state index in [1.807, 2.05) is 42.5 Å². The molecular weight excluding hydrogens is 366 g/mol. The highest BCUT2D eigenvalue weighted by Gasteiger charge is 2.24. The Balaban J connectivity index is 1.96. The molecule has 0 spiro atoms. The van der Waals surface area contributed by atoms with Crippen molar-refractivity contribution >= 4 is 5.97 Å². The number of rotatable bonds is 7. The van der Waals surface area contributed by atoms with Gasteiger partial charge in [-0.3, -0.25) is 4.79 Å². The summed E-state index contributed by atoms with van der Waals surface area (Å²) >= 11 is 0. The second-order valence-corrected chi connectivity index (χ2v) is 6.44. The summed E-state index contributed by atoms with van der Waals surface area (Å²) in [7, 11) is 1.28. The predicted octanol–water partition coefficient (Wildman–Crippen LogP) is 3.03. The average Bonchev–Trinajstić information content (AvgIpc) is 2.77. The minimum atomic E-state index is -0.600. The molecule has 0 aliphatic carbocycles. The molecule has 3 rings (SSSR count). The average molecular weight is 387 g/mol. The van der Waals surface area contributed by atoms with E-state index in [2.05, 4.69) is 10.3 Å². The van der Waals surface area contributed by atoms with Crippen molar-refractivity contribution in [2.45, 2.75) is 13.0 Å². The van der Waals surface area contributed by atoms with E-state index >= 15 is 0 Å². The molecule has 2 N–H and O–H groups in total. The third kappa shape index (κ3) is 4.60. The highest BCUT2D eigenvalue weighted by molar-refractivity contribution is 5.99. The molecular formula is C23H21N3O3. The van der Waals surface area contributed by atoms with Crippen LogP contribution < -0.4 is 10.9 Å². The molecule has 3 aromatic rings. The predicted molar refractivity (Wildman–Crippen MR) is 110 cm³/mol. The monoisotopic (exact) mass is 387 g/mol. The molecule has 6 nitrogen and oxygen atoms in total. The van der Waals surface area contributed by atoms with Crippen molar-refractivity contribution in [3.05, 3.63) is 93.4 Å². The van der Waals surface area contributed by atoms with Crippen LogP contribution in [-0.2, 0) is 17.7 Å². The Bertz CT molecular complexity index is 1080. The normalized spacial score (nSPS) is 10.3.